The predicted octanol–water partition coefficient (Wildman–Crippen LogP) is 2.73. The fourth-order valence-corrected chi connectivity index (χ4v) is 3.42. The number of aryl methyl sites for hydroxylation is 1. The highest BCUT2D eigenvalue weighted by molar-refractivity contribution is 7.19. The number of aromatic amines is 1. The lowest BCUT2D eigenvalue weighted by Gasteiger charge is -2.02. The van der Waals surface area contributed by atoms with Crippen molar-refractivity contribution in [2.24, 2.45) is 0 Å². The van der Waals surface area contributed by atoms with Crippen LogP contribution in [0.4, 0.5) is 4.39 Å². The highest BCUT2D eigenvalue weighted by Gasteiger charge is 2.17. The van der Waals surface area contributed by atoms with Gasteiger partial charge in [0, 0.05) is 10.4 Å². The molecule has 0 saturated heterocycles. The van der Waals surface area contributed by atoms with E-state index in [2.05, 4.69) is 9.97 Å². The van der Waals surface area contributed by atoms with Gasteiger partial charge in [0.25, 0.3) is 5.56 Å². The number of hydrogen-bond acceptors (Lipinski definition) is 4. The number of rotatable bonds is 3. The molecule has 2 aromatic heterocycles. The number of halogens is 1. The third-order valence-corrected chi connectivity index (χ3v) is 4.24. The summed E-state index contributed by atoms with van der Waals surface area (Å²) in [5, 5.41) is 9.21. The molecule has 0 amide bonds. The zero-order valence-corrected chi connectivity index (χ0v) is 12.3. The summed E-state index contributed by atoms with van der Waals surface area (Å²) in [5.41, 5.74) is 1.05. The van der Waals surface area contributed by atoms with Crippen LogP contribution in [0.25, 0.3) is 21.3 Å². The quantitative estimate of drug-likeness (QED) is 0.778. The Labute approximate surface area is 128 Å². The lowest BCUT2D eigenvalue weighted by atomic mass is 10.0. The van der Waals surface area contributed by atoms with Crippen LogP contribution in [-0.4, -0.2) is 21.0 Å². The van der Waals surface area contributed by atoms with Crippen LogP contribution in [0.2, 0.25) is 0 Å². The van der Waals surface area contributed by atoms with Crippen molar-refractivity contribution >= 4 is 27.5 Å². The molecule has 7 heteroatoms. The molecule has 0 bridgehead atoms. The second-order valence-electron chi connectivity index (χ2n) is 4.80. The van der Waals surface area contributed by atoms with Crippen LogP contribution in [-0.2, 0) is 11.2 Å². The van der Waals surface area contributed by atoms with Gasteiger partial charge in [0.15, 0.2) is 0 Å². The molecule has 1 aromatic carbocycles. The van der Waals surface area contributed by atoms with Gasteiger partial charge in [0.2, 0.25) is 0 Å². The van der Waals surface area contributed by atoms with E-state index in [9.17, 15) is 14.0 Å². The Bertz CT molecular complexity index is 928. The van der Waals surface area contributed by atoms with Gasteiger partial charge in [-0.1, -0.05) is 12.1 Å². The fraction of sp³-hybridized carbons (Fsp3) is 0.133. The van der Waals surface area contributed by atoms with E-state index in [1.165, 1.54) is 23.5 Å². The smallest absolute Gasteiger partial charge is 0.311 e. The monoisotopic (exact) mass is 318 g/mol. The normalized spacial score (nSPS) is 11.0. The van der Waals surface area contributed by atoms with Crippen molar-refractivity contribution in [3.8, 4) is 11.1 Å². The number of aromatic nitrogens is 2. The van der Waals surface area contributed by atoms with Gasteiger partial charge in [0.1, 0.15) is 22.9 Å². The minimum Gasteiger partial charge on any atom is -0.481 e. The number of carboxylic acid groups (broad SMARTS) is 1. The van der Waals surface area contributed by atoms with E-state index in [0.29, 0.717) is 15.8 Å². The third-order valence-electron chi connectivity index (χ3n) is 3.24. The molecular formula is C15H11FN2O3S. The number of H-pyrrole nitrogens is 1. The maximum absolute atomic E-state index is 13.1. The number of thiophene rings is 1. The van der Waals surface area contributed by atoms with Crippen LogP contribution in [0, 0.1) is 12.7 Å². The summed E-state index contributed by atoms with van der Waals surface area (Å²) in [6.07, 6.45) is -0.339. The predicted molar refractivity (Wildman–Crippen MR) is 81.7 cm³/mol. The average Bonchev–Trinajstić information content (AvgIpc) is 2.75. The van der Waals surface area contributed by atoms with E-state index >= 15 is 0 Å². The molecular weight excluding hydrogens is 307 g/mol. The first-order chi connectivity index (χ1) is 10.5. The van der Waals surface area contributed by atoms with E-state index in [4.69, 9.17) is 5.11 Å². The van der Waals surface area contributed by atoms with Crippen molar-refractivity contribution in [1.29, 1.82) is 0 Å². The van der Waals surface area contributed by atoms with Crippen molar-refractivity contribution in [2.45, 2.75) is 13.3 Å². The summed E-state index contributed by atoms with van der Waals surface area (Å²) in [6.45, 7) is 1.85. The first-order valence-corrected chi connectivity index (χ1v) is 7.27. The highest BCUT2D eigenvalue weighted by atomic mass is 32.1. The maximum Gasteiger partial charge on any atom is 0.311 e. The summed E-state index contributed by atoms with van der Waals surface area (Å²) in [6, 6.07) is 5.88. The second-order valence-corrected chi connectivity index (χ2v) is 6.01. The minimum absolute atomic E-state index is 0.122. The number of carbonyl (C=O) groups is 1. The Morgan fingerprint density at radius 3 is 2.68 bits per heavy atom. The van der Waals surface area contributed by atoms with Gasteiger partial charge >= 0.3 is 5.97 Å². The third kappa shape index (κ3) is 2.50. The molecule has 0 fully saturated rings. The van der Waals surface area contributed by atoms with E-state index in [-0.39, 0.29) is 23.6 Å². The molecule has 3 rings (SSSR count). The van der Waals surface area contributed by atoms with Crippen molar-refractivity contribution in [2.75, 3.05) is 0 Å². The molecule has 0 spiro atoms. The van der Waals surface area contributed by atoms with E-state index < -0.39 is 5.97 Å². The van der Waals surface area contributed by atoms with Crippen LogP contribution in [0.1, 0.15) is 10.7 Å². The molecule has 2 N–H and O–H groups in total. The SMILES string of the molecule is Cc1sc2nc(CC(=O)O)[nH]c(=O)c2c1-c1ccc(F)cc1. The molecule has 0 unspecified atom stereocenters. The Morgan fingerprint density at radius 1 is 1.36 bits per heavy atom. The Hall–Kier alpha value is -2.54. The minimum atomic E-state index is -1.06. The maximum atomic E-state index is 13.1. The van der Waals surface area contributed by atoms with Crippen LogP contribution in [0.15, 0.2) is 29.1 Å². The van der Waals surface area contributed by atoms with Gasteiger partial charge in [-0.2, -0.15) is 0 Å². The lowest BCUT2D eigenvalue weighted by molar-refractivity contribution is -0.136. The molecule has 0 aliphatic rings. The van der Waals surface area contributed by atoms with Crippen molar-refractivity contribution < 1.29 is 14.3 Å². The van der Waals surface area contributed by atoms with Crippen molar-refractivity contribution in [3.63, 3.8) is 0 Å². The van der Waals surface area contributed by atoms with Crippen LogP contribution in [0.5, 0.6) is 0 Å². The molecule has 0 radical (unpaired) electrons. The average molecular weight is 318 g/mol. The number of aliphatic carboxylic acids is 1. The summed E-state index contributed by atoms with van der Waals surface area (Å²) in [4.78, 5) is 31.1. The van der Waals surface area contributed by atoms with Gasteiger partial charge in [-0.25, -0.2) is 9.37 Å². The molecule has 0 aliphatic carbocycles. The number of carboxylic acids is 1. The van der Waals surface area contributed by atoms with E-state index in [0.717, 1.165) is 10.4 Å². The number of nitrogens with zero attached hydrogens (tertiary/aromatic N) is 1. The number of nitrogens with one attached hydrogen (secondary N) is 1. The van der Waals surface area contributed by atoms with Crippen molar-refractivity contribution in [3.05, 3.63) is 51.1 Å². The molecule has 0 aliphatic heterocycles. The van der Waals surface area contributed by atoms with Gasteiger partial charge < -0.3 is 10.1 Å². The standard InChI is InChI=1S/C15H11FN2O3S/c1-7-12(8-2-4-9(16)5-3-8)13-14(21)17-10(6-11(19)20)18-15(13)22-7/h2-5H,6H2,1H3,(H,19,20)(H,17,18,21). The van der Waals surface area contributed by atoms with Crippen LogP contribution < -0.4 is 5.56 Å². The summed E-state index contributed by atoms with van der Waals surface area (Å²) < 4.78 is 13.1. The number of benzene rings is 1. The molecule has 0 atom stereocenters. The van der Waals surface area contributed by atoms with Crippen LogP contribution in [0.3, 0.4) is 0 Å². The number of fused-ring (bicyclic) bond motifs is 1. The lowest BCUT2D eigenvalue weighted by Crippen LogP contribution is -2.14. The molecule has 22 heavy (non-hydrogen) atoms. The molecule has 3 aromatic rings. The molecule has 0 saturated carbocycles. The largest absolute Gasteiger partial charge is 0.481 e. The van der Waals surface area contributed by atoms with Crippen LogP contribution >= 0.6 is 11.3 Å². The first-order valence-electron chi connectivity index (χ1n) is 6.45. The molecule has 112 valence electrons. The summed E-state index contributed by atoms with van der Waals surface area (Å²) >= 11 is 1.32. The number of hydrogen-bond donors (Lipinski definition) is 2. The van der Waals surface area contributed by atoms with Gasteiger partial charge in [-0.15, -0.1) is 11.3 Å². The first kappa shape index (κ1) is 14.4. The van der Waals surface area contributed by atoms with Gasteiger partial charge in [0.05, 0.1) is 5.39 Å². The Kier molecular flexibility index (Phi) is 3.50. The topological polar surface area (TPSA) is 83.0 Å². The van der Waals surface area contributed by atoms with E-state index in [1.54, 1.807) is 12.1 Å². The zero-order chi connectivity index (χ0) is 15.9. The molecule has 2 heterocycles. The Morgan fingerprint density at radius 2 is 2.05 bits per heavy atom. The zero-order valence-electron chi connectivity index (χ0n) is 11.5. The second kappa shape index (κ2) is 5.34. The van der Waals surface area contributed by atoms with Crippen molar-refractivity contribution in [1.82, 2.24) is 9.97 Å². The highest BCUT2D eigenvalue weighted by Crippen LogP contribution is 2.35. The molecule has 5 nitrogen and oxygen atoms in total. The fourth-order valence-electron chi connectivity index (χ4n) is 2.35. The summed E-state index contributed by atoms with van der Waals surface area (Å²) in [7, 11) is 0. The van der Waals surface area contributed by atoms with Gasteiger partial charge in [-0.3, -0.25) is 9.59 Å². The summed E-state index contributed by atoms with van der Waals surface area (Å²) in [5.74, 6) is -1.29. The van der Waals surface area contributed by atoms with Gasteiger partial charge in [-0.05, 0) is 24.6 Å². The van der Waals surface area contributed by atoms with E-state index in [1.807, 2.05) is 6.92 Å². The Balaban J connectivity index is 2.24.